The van der Waals surface area contributed by atoms with Gasteiger partial charge in [-0.1, -0.05) is 25.7 Å². The molecule has 22 heavy (non-hydrogen) atoms. The molecule has 0 aromatic rings. The summed E-state index contributed by atoms with van der Waals surface area (Å²) in [5, 5.41) is 11.4. The fourth-order valence-electron chi connectivity index (χ4n) is 4.97. The zero-order valence-electron chi connectivity index (χ0n) is 14.2. The van der Waals surface area contributed by atoms with E-state index in [-0.39, 0.29) is 23.9 Å². The van der Waals surface area contributed by atoms with Crippen molar-refractivity contribution in [2.24, 2.45) is 11.8 Å². The van der Waals surface area contributed by atoms with Crippen LogP contribution in [0.5, 0.6) is 0 Å². The first kappa shape index (κ1) is 16.3. The average Bonchev–Trinajstić information content (AvgIpc) is 3.19. The van der Waals surface area contributed by atoms with E-state index in [0.717, 1.165) is 75.4 Å². The number of hydrogen-bond donors (Lipinski definition) is 1. The van der Waals surface area contributed by atoms with Gasteiger partial charge in [-0.3, -0.25) is 0 Å². The first-order valence-electron chi connectivity index (χ1n) is 9.17. The van der Waals surface area contributed by atoms with Crippen molar-refractivity contribution in [3.05, 3.63) is 0 Å². The zero-order valence-corrected chi connectivity index (χ0v) is 14.2. The Morgan fingerprint density at radius 1 is 1.00 bits per heavy atom. The lowest BCUT2D eigenvalue weighted by atomic mass is 9.75. The molecule has 3 rings (SSSR count). The number of nitrogens with zero attached hydrogens (tertiary/aromatic N) is 1. The highest BCUT2D eigenvalue weighted by Gasteiger charge is 2.53. The van der Waals surface area contributed by atoms with Gasteiger partial charge in [-0.05, 0) is 37.5 Å². The van der Waals surface area contributed by atoms with E-state index in [1.807, 2.05) is 0 Å². The Morgan fingerprint density at radius 2 is 1.50 bits per heavy atom. The molecule has 0 amide bonds. The molecule has 0 spiro atoms. The summed E-state index contributed by atoms with van der Waals surface area (Å²) in [4.78, 5) is 12.9. The SMILES string of the molecule is C[N+]1(C)CC[C@@H](OC(=O)C(O)(C2CCCC2)C2CCCC2)C1. The zero-order chi connectivity index (χ0) is 15.8. The van der Waals surface area contributed by atoms with E-state index in [1.165, 1.54) is 0 Å². The Bertz CT molecular complexity index is 393. The molecular formula is C18H32NO3+. The fourth-order valence-corrected chi connectivity index (χ4v) is 4.97. The van der Waals surface area contributed by atoms with Gasteiger partial charge in [0.1, 0.15) is 6.54 Å². The number of likely N-dealkylation sites (N-methyl/N-ethyl adjacent to an activating group) is 1. The summed E-state index contributed by atoms with van der Waals surface area (Å²) < 4.78 is 6.74. The van der Waals surface area contributed by atoms with Gasteiger partial charge in [0, 0.05) is 6.42 Å². The lowest BCUT2D eigenvalue weighted by molar-refractivity contribution is -0.879. The predicted molar refractivity (Wildman–Crippen MR) is 85.2 cm³/mol. The van der Waals surface area contributed by atoms with Crippen molar-refractivity contribution in [1.82, 2.24) is 0 Å². The minimum absolute atomic E-state index is 0.0168. The Labute approximate surface area is 134 Å². The highest BCUT2D eigenvalue weighted by Crippen LogP contribution is 2.45. The van der Waals surface area contributed by atoms with Crippen LogP contribution in [0.3, 0.4) is 0 Å². The number of hydrogen-bond acceptors (Lipinski definition) is 3. The van der Waals surface area contributed by atoms with Gasteiger partial charge in [-0.15, -0.1) is 0 Å². The third-order valence-electron chi connectivity index (χ3n) is 6.31. The van der Waals surface area contributed by atoms with Gasteiger partial charge in [0.05, 0.1) is 20.6 Å². The number of quaternary nitrogens is 1. The molecule has 0 bridgehead atoms. The number of ether oxygens (including phenoxy) is 1. The normalized spacial score (nSPS) is 30.0. The van der Waals surface area contributed by atoms with Crippen molar-refractivity contribution in [2.75, 3.05) is 27.2 Å². The molecule has 4 nitrogen and oxygen atoms in total. The summed E-state index contributed by atoms with van der Waals surface area (Å²) in [7, 11) is 4.35. The number of aliphatic hydroxyl groups is 1. The Kier molecular flexibility index (Phi) is 4.52. The van der Waals surface area contributed by atoms with Crippen molar-refractivity contribution in [1.29, 1.82) is 0 Å². The maximum Gasteiger partial charge on any atom is 0.339 e. The first-order valence-corrected chi connectivity index (χ1v) is 9.17. The minimum atomic E-state index is -1.22. The summed E-state index contributed by atoms with van der Waals surface area (Å²) in [6.07, 6.45) is 9.38. The van der Waals surface area contributed by atoms with Crippen molar-refractivity contribution in [2.45, 2.75) is 69.5 Å². The van der Waals surface area contributed by atoms with E-state index in [0.29, 0.717) is 0 Å². The second-order valence-corrected chi connectivity index (χ2v) is 8.45. The van der Waals surface area contributed by atoms with Crippen LogP contribution in [-0.2, 0) is 9.53 Å². The largest absolute Gasteiger partial charge is 0.454 e. The molecule has 126 valence electrons. The van der Waals surface area contributed by atoms with E-state index < -0.39 is 5.60 Å². The quantitative estimate of drug-likeness (QED) is 0.641. The maximum absolute atomic E-state index is 12.9. The highest BCUT2D eigenvalue weighted by atomic mass is 16.6. The molecule has 4 heteroatoms. The molecule has 1 heterocycles. The molecule has 0 unspecified atom stereocenters. The lowest BCUT2D eigenvalue weighted by Gasteiger charge is -2.37. The third kappa shape index (κ3) is 3.05. The summed E-state index contributed by atoms with van der Waals surface area (Å²) in [6, 6.07) is 0. The second-order valence-electron chi connectivity index (χ2n) is 8.45. The molecule has 1 aliphatic heterocycles. The number of carbonyl (C=O) groups is 1. The standard InChI is InChI=1S/C18H32NO3/c1-19(2)12-11-16(13-19)22-17(20)18(21,14-7-3-4-8-14)15-9-5-6-10-15/h14-16,21H,3-13H2,1-2H3/q+1/t16-/m1/s1. The monoisotopic (exact) mass is 310 g/mol. The third-order valence-corrected chi connectivity index (χ3v) is 6.31. The van der Waals surface area contributed by atoms with E-state index in [4.69, 9.17) is 4.74 Å². The van der Waals surface area contributed by atoms with Gasteiger partial charge >= 0.3 is 5.97 Å². The van der Waals surface area contributed by atoms with E-state index in [9.17, 15) is 9.90 Å². The van der Waals surface area contributed by atoms with Crippen molar-refractivity contribution in [3.8, 4) is 0 Å². The minimum Gasteiger partial charge on any atom is -0.454 e. The summed E-state index contributed by atoms with van der Waals surface area (Å²) in [6.45, 7) is 1.92. The average molecular weight is 310 g/mol. The number of carbonyl (C=O) groups excluding carboxylic acids is 1. The summed E-state index contributed by atoms with van der Waals surface area (Å²) in [5.74, 6) is -0.0720. The smallest absolute Gasteiger partial charge is 0.339 e. The van der Waals surface area contributed by atoms with E-state index in [2.05, 4.69) is 14.1 Å². The first-order chi connectivity index (χ1) is 10.4. The Morgan fingerprint density at radius 3 is 1.91 bits per heavy atom. The topological polar surface area (TPSA) is 46.5 Å². The van der Waals surface area contributed by atoms with Crippen LogP contribution in [0.1, 0.15) is 57.8 Å². The molecule has 0 aromatic carbocycles. The van der Waals surface area contributed by atoms with Crippen LogP contribution in [0, 0.1) is 11.8 Å². The molecule has 2 saturated carbocycles. The lowest BCUT2D eigenvalue weighted by Crippen LogP contribution is -2.52. The van der Waals surface area contributed by atoms with Gasteiger partial charge < -0.3 is 14.3 Å². The van der Waals surface area contributed by atoms with Crippen LogP contribution in [0.25, 0.3) is 0 Å². The molecule has 0 aromatic heterocycles. The van der Waals surface area contributed by atoms with Crippen molar-refractivity contribution < 1.29 is 19.1 Å². The Balaban J connectivity index is 1.72. The van der Waals surface area contributed by atoms with Gasteiger partial charge in [-0.25, -0.2) is 4.79 Å². The van der Waals surface area contributed by atoms with Gasteiger partial charge in [-0.2, -0.15) is 0 Å². The van der Waals surface area contributed by atoms with Crippen molar-refractivity contribution in [3.63, 3.8) is 0 Å². The molecule has 1 atom stereocenters. The molecule has 1 N–H and O–H groups in total. The fraction of sp³-hybridized carbons (Fsp3) is 0.944. The number of esters is 1. The van der Waals surface area contributed by atoms with E-state index >= 15 is 0 Å². The number of rotatable bonds is 4. The second kappa shape index (κ2) is 6.12. The van der Waals surface area contributed by atoms with Crippen LogP contribution in [-0.4, -0.2) is 54.4 Å². The summed E-state index contributed by atoms with van der Waals surface area (Å²) >= 11 is 0. The molecule has 2 aliphatic carbocycles. The number of likely N-dealkylation sites (tertiary alicyclic amines) is 1. The van der Waals surface area contributed by atoms with Crippen LogP contribution >= 0.6 is 0 Å². The van der Waals surface area contributed by atoms with Crippen LogP contribution in [0.2, 0.25) is 0 Å². The van der Waals surface area contributed by atoms with Crippen LogP contribution in [0.4, 0.5) is 0 Å². The van der Waals surface area contributed by atoms with Gasteiger partial charge in [0.2, 0.25) is 0 Å². The molecule has 1 saturated heterocycles. The van der Waals surface area contributed by atoms with Crippen LogP contribution in [0.15, 0.2) is 0 Å². The molecular weight excluding hydrogens is 278 g/mol. The predicted octanol–water partition coefficient (Wildman–Crippen LogP) is 2.49. The molecule has 3 aliphatic rings. The Hall–Kier alpha value is -0.610. The highest BCUT2D eigenvalue weighted by molar-refractivity contribution is 5.80. The van der Waals surface area contributed by atoms with Gasteiger partial charge in [0.15, 0.2) is 11.7 Å². The molecule has 0 radical (unpaired) electrons. The molecule has 3 fully saturated rings. The van der Waals surface area contributed by atoms with Crippen LogP contribution < -0.4 is 0 Å². The maximum atomic E-state index is 12.9. The summed E-state index contributed by atoms with van der Waals surface area (Å²) in [5.41, 5.74) is -1.22. The van der Waals surface area contributed by atoms with Crippen molar-refractivity contribution >= 4 is 5.97 Å². The van der Waals surface area contributed by atoms with E-state index in [1.54, 1.807) is 0 Å². The van der Waals surface area contributed by atoms with Gasteiger partial charge in [0.25, 0.3) is 0 Å².